The summed E-state index contributed by atoms with van der Waals surface area (Å²) in [4.78, 5) is 0. The minimum atomic E-state index is -0.298. The average Bonchev–Trinajstić information content (AvgIpc) is 2.85. The van der Waals surface area contributed by atoms with Crippen LogP contribution in [0, 0.1) is 12.9 Å². The summed E-state index contributed by atoms with van der Waals surface area (Å²) in [6, 6.07) is 1.89. The second-order valence-corrected chi connectivity index (χ2v) is 4.30. The number of anilines is 1. The van der Waals surface area contributed by atoms with Gasteiger partial charge in [0, 0.05) is 38.0 Å². The lowest BCUT2D eigenvalue weighted by atomic mass is 10.2. The smallest absolute Gasteiger partial charge is 0.216 e. The Labute approximate surface area is 118 Å². The summed E-state index contributed by atoms with van der Waals surface area (Å²) in [5.74, 6) is 0.457. The zero-order valence-corrected chi connectivity index (χ0v) is 12.2. The first-order valence-electron chi connectivity index (χ1n) is 6.07. The molecule has 2 rings (SSSR count). The lowest BCUT2D eigenvalue weighted by Gasteiger charge is -2.02. The van der Waals surface area contributed by atoms with Crippen molar-refractivity contribution >= 4 is 18.2 Å². The van der Waals surface area contributed by atoms with Crippen LogP contribution in [0.3, 0.4) is 0 Å². The van der Waals surface area contributed by atoms with Gasteiger partial charge in [-0.3, -0.25) is 4.68 Å². The summed E-state index contributed by atoms with van der Waals surface area (Å²) < 4.78 is 16.8. The third kappa shape index (κ3) is 3.47. The molecule has 106 valence electrons. The van der Waals surface area contributed by atoms with E-state index in [1.54, 1.807) is 14.0 Å². The van der Waals surface area contributed by atoms with Crippen LogP contribution >= 0.6 is 12.4 Å². The van der Waals surface area contributed by atoms with E-state index in [-0.39, 0.29) is 18.4 Å². The summed E-state index contributed by atoms with van der Waals surface area (Å²) in [5.41, 5.74) is 1.29. The van der Waals surface area contributed by atoms with Crippen LogP contribution in [0.1, 0.15) is 24.6 Å². The van der Waals surface area contributed by atoms with Crippen molar-refractivity contribution in [3.8, 4) is 0 Å². The molecule has 0 saturated carbocycles. The van der Waals surface area contributed by atoms with Crippen molar-refractivity contribution in [1.29, 1.82) is 0 Å². The first-order chi connectivity index (χ1) is 8.61. The van der Waals surface area contributed by atoms with Crippen LogP contribution < -0.4 is 5.32 Å². The molecule has 0 atom stereocenters. The lowest BCUT2D eigenvalue weighted by Crippen LogP contribution is -2.04. The first-order valence-corrected chi connectivity index (χ1v) is 6.07. The minimum absolute atomic E-state index is 0. The van der Waals surface area contributed by atoms with Crippen molar-refractivity contribution in [3.63, 3.8) is 0 Å². The summed E-state index contributed by atoms with van der Waals surface area (Å²) >= 11 is 0. The summed E-state index contributed by atoms with van der Waals surface area (Å²) in [6.45, 7) is 5.19. The highest BCUT2D eigenvalue weighted by atomic mass is 35.5. The van der Waals surface area contributed by atoms with Crippen molar-refractivity contribution in [2.75, 3.05) is 5.32 Å². The molecule has 2 heterocycles. The van der Waals surface area contributed by atoms with Crippen molar-refractivity contribution in [2.45, 2.75) is 33.4 Å². The maximum absolute atomic E-state index is 13.7. The fraction of sp³-hybridized carbons (Fsp3) is 0.500. The minimum Gasteiger partial charge on any atom is -0.364 e. The van der Waals surface area contributed by atoms with Gasteiger partial charge in [-0.05, 0) is 13.3 Å². The number of aryl methyl sites for hydroxylation is 3. The van der Waals surface area contributed by atoms with Gasteiger partial charge >= 0.3 is 0 Å². The van der Waals surface area contributed by atoms with Gasteiger partial charge in [-0.1, -0.05) is 6.92 Å². The van der Waals surface area contributed by atoms with E-state index in [4.69, 9.17) is 0 Å². The highest BCUT2D eigenvalue weighted by molar-refractivity contribution is 5.85. The van der Waals surface area contributed by atoms with E-state index in [1.807, 2.05) is 16.9 Å². The number of hydrogen-bond donors (Lipinski definition) is 1. The van der Waals surface area contributed by atoms with Gasteiger partial charge in [0.2, 0.25) is 5.95 Å². The van der Waals surface area contributed by atoms with Crippen LogP contribution in [-0.4, -0.2) is 19.6 Å². The second-order valence-electron chi connectivity index (χ2n) is 4.30. The van der Waals surface area contributed by atoms with Gasteiger partial charge in [-0.25, -0.2) is 4.68 Å². The summed E-state index contributed by atoms with van der Waals surface area (Å²) in [7, 11) is 1.60. The number of halogens is 2. The lowest BCUT2D eigenvalue weighted by molar-refractivity contribution is 0.496. The largest absolute Gasteiger partial charge is 0.364 e. The van der Waals surface area contributed by atoms with Crippen molar-refractivity contribution < 1.29 is 4.39 Å². The van der Waals surface area contributed by atoms with Gasteiger partial charge in [0.15, 0.2) is 0 Å². The summed E-state index contributed by atoms with van der Waals surface area (Å²) in [6.07, 6.45) is 2.95. The van der Waals surface area contributed by atoms with Crippen molar-refractivity contribution in [2.24, 2.45) is 7.05 Å². The van der Waals surface area contributed by atoms with E-state index >= 15 is 0 Å². The third-order valence-electron chi connectivity index (χ3n) is 2.81. The maximum Gasteiger partial charge on any atom is 0.216 e. The molecule has 0 radical (unpaired) electrons. The van der Waals surface area contributed by atoms with E-state index < -0.39 is 0 Å². The molecule has 1 N–H and O–H groups in total. The van der Waals surface area contributed by atoms with Crippen LogP contribution in [0.5, 0.6) is 0 Å². The van der Waals surface area contributed by atoms with E-state index in [0.29, 0.717) is 17.8 Å². The molecule has 19 heavy (non-hydrogen) atoms. The normalized spacial score (nSPS) is 10.3. The number of hydrogen-bond acceptors (Lipinski definition) is 3. The molecule has 0 amide bonds. The molecule has 0 aliphatic rings. The van der Waals surface area contributed by atoms with E-state index in [1.165, 1.54) is 4.68 Å². The van der Waals surface area contributed by atoms with Crippen LogP contribution in [0.2, 0.25) is 0 Å². The monoisotopic (exact) mass is 287 g/mol. The molecular weight excluding hydrogens is 269 g/mol. The number of aromatic nitrogens is 4. The van der Waals surface area contributed by atoms with Gasteiger partial charge in [0.1, 0.15) is 5.82 Å². The Kier molecular flexibility index (Phi) is 5.35. The van der Waals surface area contributed by atoms with E-state index in [9.17, 15) is 4.39 Å². The predicted molar refractivity (Wildman–Crippen MR) is 75.0 cm³/mol. The molecule has 0 unspecified atom stereocenters. The number of nitrogens with one attached hydrogen (secondary N) is 1. The first kappa shape index (κ1) is 15.5. The van der Waals surface area contributed by atoms with E-state index in [2.05, 4.69) is 22.4 Å². The maximum atomic E-state index is 13.7. The molecule has 0 saturated heterocycles. The van der Waals surface area contributed by atoms with Crippen LogP contribution in [-0.2, 0) is 20.1 Å². The van der Waals surface area contributed by atoms with Gasteiger partial charge < -0.3 is 5.32 Å². The Morgan fingerprint density at radius 1 is 1.37 bits per heavy atom. The molecule has 2 aromatic rings. The summed E-state index contributed by atoms with van der Waals surface area (Å²) in [5, 5.41) is 11.5. The van der Waals surface area contributed by atoms with E-state index in [0.717, 1.165) is 18.8 Å². The van der Waals surface area contributed by atoms with Crippen LogP contribution in [0.15, 0.2) is 12.3 Å². The second kappa shape index (κ2) is 6.56. The Balaban J connectivity index is 0.00000180. The van der Waals surface area contributed by atoms with Gasteiger partial charge in [0.25, 0.3) is 0 Å². The van der Waals surface area contributed by atoms with Gasteiger partial charge in [-0.2, -0.15) is 14.6 Å². The van der Waals surface area contributed by atoms with Crippen LogP contribution in [0.25, 0.3) is 0 Å². The quantitative estimate of drug-likeness (QED) is 0.919. The zero-order chi connectivity index (χ0) is 13.1. The Morgan fingerprint density at radius 2 is 2.11 bits per heavy atom. The van der Waals surface area contributed by atoms with Gasteiger partial charge in [-0.15, -0.1) is 12.4 Å². The van der Waals surface area contributed by atoms with Crippen molar-refractivity contribution in [3.05, 3.63) is 29.5 Å². The molecule has 0 fully saturated rings. The Hall–Kier alpha value is -1.56. The fourth-order valence-electron chi connectivity index (χ4n) is 1.86. The molecule has 0 bridgehead atoms. The molecule has 0 aliphatic heterocycles. The SMILES string of the molecule is CCCn1ccc(NCc2c(C)nn(C)c2F)n1.Cl. The number of rotatable bonds is 5. The molecule has 5 nitrogen and oxygen atoms in total. The van der Waals surface area contributed by atoms with Crippen molar-refractivity contribution in [1.82, 2.24) is 19.6 Å². The topological polar surface area (TPSA) is 47.7 Å². The Bertz CT molecular complexity index is 534. The average molecular weight is 288 g/mol. The molecular formula is C12H19ClFN5. The standard InChI is InChI=1S/C12H18FN5.ClH/c1-4-6-18-7-5-11(16-18)14-8-10-9(2)15-17(3)12(10)13;/h5,7H,4,6,8H2,1-3H3,(H,14,16);1H. The molecule has 7 heteroatoms. The van der Waals surface area contributed by atoms with Gasteiger partial charge in [0.05, 0.1) is 5.69 Å². The highest BCUT2D eigenvalue weighted by Crippen LogP contribution is 2.13. The zero-order valence-electron chi connectivity index (χ0n) is 11.4. The molecule has 0 spiro atoms. The number of nitrogens with zero attached hydrogens (tertiary/aromatic N) is 4. The third-order valence-corrected chi connectivity index (χ3v) is 2.81. The van der Waals surface area contributed by atoms with Crippen LogP contribution in [0.4, 0.5) is 10.2 Å². The highest BCUT2D eigenvalue weighted by Gasteiger charge is 2.12. The fourth-order valence-corrected chi connectivity index (χ4v) is 1.86. The molecule has 2 aromatic heterocycles. The predicted octanol–water partition coefficient (Wildman–Crippen LogP) is 2.51. The Morgan fingerprint density at radius 3 is 2.68 bits per heavy atom. The molecule has 0 aliphatic carbocycles. The molecule has 0 aromatic carbocycles.